The fourth-order valence-corrected chi connectivity index (χ4v) is 3.59. The highest BCUT2D eigenvalue weighted by Gasteiger charge is 2.32. The second-order valence-corrected chi connectivity index (χ2v) is 7.41. The van der Waals surface area contributed by atoms with Crippen LogP contribution in [0.4, 0.5) is 0 Å². The number of aryl methyl sites for hydroxylation is 1. The van der Waals surface area contributed by atoms with Crippen LogP contribution in [0.3, 0.4) is 0 Å². The lowest BCUT2D eigenvalue weighted by molar-refractivity contribution is 0.130. The number of benzene rings is 1. The highest BCUT2D eigenvalue weighted by molar-refractivity contribution is 5.40. The number of nitrogens with one attached hydrogen (secondary N) is 1. The van der Waals surface area contributed by atoms with Crippen molar-refractivity contribution in [1.82, 2.24) is 10.2 Å². The first-order valence-electron chi connectivity index (χ1n) is 7.90. The maximum atomic E-state index is 5.36. The molecule has 118 valence electrons. The van der Waals surface area contributed by atoms with Gasteiger partial charge in [0.2, 0.25) is 0 Å². The topological polar surface area (TPSA) is 24.5 Å². The lowest BCUT2D eigenvalue weighted by Gasteiger charge is -2.41. The van der Waals surface area contributed by atoms with Gasteiger partial charge in [-0.25, -0.2) is 0 Å². The zero-order valence-corrected chi connectivity index (χ0v) is 14.4. The van der Waals surface area contributed by atoms with Crippen molar-refractivity contribution < 1.29 is 4.74 Å². The summed E-state index contributed by atoms with van der Waals surface area (Å²) in [6, 6.07) is 7.45. The molecule has 0 heterocycles. The lowest BCUT2D eigenvalue weighted by Crippen LogP contribution is -2.47. The summed E-state index contributed by atoms with van der Waals surface area (Å²) in [4.78, 5) is 2.52. The van der Waals surface area contributed by atoms with Gasteiger partial charge in [-0.3, -0.25) is 0 Å². The monoisotopic (exact) mass is 290 g/mol. The molecule has 3 heteroatoms. The van der Waals surface area contributed by atoms with Gasteiger partial charge in [-0.05, 0) is 55.6 Å². The van der Waals surface area contributed by atoms with Gasteiger partial charge in [0.1, 0.15) is 5.75 Å². The maximum Gasteiger partial charge on any atom is 0.119 e. The summed E-state index contributed by atoms with van der Waals surface area (Å²) >= 11 is 0. The van der Waals surface area contributed by atoms with Gasteiger partial charge in [-0.2, -0.15) is 0 Å². The zero-order valence-electron chi connectivity index (χ0n) is 14.4. The van der Waals surface area contributed by atoms with Crippen LogP contribution in [0.5, 0.6) is 5.75 Å². The van der Waals surface area contributed by atoms with E-state index >= 15 is 0 Å². The Kier molecular flexibility index (Phi) is 4.95. The number of hydrogen-bond acceptors (Lipinski definition) is 3. The summed E-state index contributed by atoms with van der Waals surface area (Å²) in [5.41, 5.74) is 3.18. The van der Waals surface area contributed by atoms with Gasteiger partial charge in [0.25, 0.3) is 0 Å². The molecule has 0 saturated heterocycles. The Morgan fingerprint density at radius 2 is 2.05 bits per heavy atom. The normalized spacial score (nSPS) is 22.2. The van der Waals surface area contributed by atoms with E-state index in [2.05, 4.69) is 63.3 Å². The number of rotatable bonds is 4. The molecule has 0 saturated carbocycles. The Hall–Kier alpha value is -1.06. The average molecular weight is 290 g/mol. The molecule has 2 unspecified atom stereocenters. The summed E-state index contributed by atoms with van der Waals surface area (Å²) in [7, 11) is 6.07. The van der Waals surface area contributed by atoms with Crippen molar-refractivity contribution in [2.24, 2.45) is 5.41 Å². The van der Waals surface area contributed by atoms with E-state index in [0.29, 0.717) is 17.5 Å². The van der Waals surface area contributed by atoms with Crippen LogP contribution in [0.25, 0.3) is 0 Å². The fraction of sp³-hybridized carbons (Fsp3) is 0.667. The largest absolute Gasteiger partial charge is 0.497 e. The van der Waals surface area contributed by atoms with Crippen molar-refractivity contribution >= 4 is 0 Å². The number of likely N-dealkylation sites (N-methyl/N-ethyl adjacent to an activating group) is 2. The number of ether oxygens (including phenoxy) is 1. The summed E-state index contributed by atoms with van der Waals surface area (Å²) in [5.74, 6) is 0.963. The second kappa shape index (κ2) is 6.37. The minimum absolute atomic E-state index is 0.327. The summed E-state index contributed by atoms with van der Waals surface area (Å²) in [6.07, 6.45) is 2.32. The van der Waals surface area contributed by atoms with Gasteiger partial charge in [-0.1, -0.05) is 26.8 Å². The molecule has 0 radical (unpaired) electrons. The molecule has 1 N–H and O–H groups in total. The quantitative estimate of drug-likeness (QED) is 0.921. The minimum Gasteiger partial charge on any atom is -0.497 e. The average Bonchev–Trinajstić information content (AvgIpc) is 2.43. The zero-order chi connectivity index (χ0) is 15.6. The van der Waals surface area contributed by atoms with E-state index in [-0.39, 0.29) is 0 Å². The first kappa shape index (κ1) is 16.3. The van der Waals surface area contributed by atoms with Crippen LogP contribution in [0.1, 0.15) is 44.4 Å². The van der Waals surface area contributed by atoms with Crippen LogP contribution in [-0.2, 0) is 6.42 Å². The molecular weight excluding hydrogens is 260 g/mol. The number of hydrogen-bond donors (Lipinski definition) is 1. The molecule has 0 aliphatic heterocycles. The summed E-state index contributed by atoms with van der Waals surface area (Å²) < 4.78 is 5.36. The van der Waals surface area contributed by atoms with Crippen LogP contribution in [0, 0.1) is 5.41 Å². The Morgan fingerprint density at radius 1 is 1.33 bits per heavy atom. The molecule has 0 aromatic heterocycles. The fourth-order valence-electron chi connectivity index (χ4n) is 3.59. The van der Waals surface area contributed by atoms with E-state index in [1.165, 1.54) is 17.5 Å². The highest BCUT2D eigenvalue weighted by Crippen LogP contribution is 2.35. The molecule has 3 nitrogen and oxygen atoms in total. The van der Waals surface area contributed by atoms with E-state index in [1.54, 1.807) is 7.11 Å². The molecule has 1 aliphatic carbocycles. The molecule has 2 atom stereocenters. The highest BCUT2D eigenvalue weighted by atomic mass is 16.5. The molecule has 1 aromatic carbocycles. The number of methoxy groups -OCH3 is 1. The third kappa shape index (κ3) is 3.78. The molecule has 0 fully saturated rings. The first-order valence-corrected chi connectivity index (χ1v) is 7.90. The smallest absolute Gasteiger partial charge is 0.119 e. The predicted molar refractivity (Wildman–Crippen MR) is 89.0 cm³/mol. The van der Waals surface area contributed by atoms with Crippen LogP contribution in [0.15, 0.2) is 18.2 Å². The van der Waals surface area contributed by atoms with Crippen molar-refractivity contribution in [3.05, 3.63) is 29.3 Å². The second-order valence-electron chi connectivity index (χ2n) is 7.41. The molecule has 0 amide bonds. The van der Waals surface area contributed by atoms with Crippen molar-refractivity contribution in [3.8, 4) is 5.75 Å². The van der Waals surface area contributed by atoms with Gasteiger partial charge in [0.05, 0.1) is 7.11 Å². The van der Waals surface area contributed by atoms with Gasteiger partial charge < -0.3 is 15.0 Å². The predicted octanol–water partition coefficient (Wildman–Crippen LogP) is 3.25. The van der Waals surface area contributed by atoms with E-state index in [4.69, 9.17) is 4.74 Å². The number of fused-ring (bicyclic) bond motifs is 1. The Morgan fingerprint density at radius 3 is 2.62 bits per heavy atom. The SMILES string of the molecule is CNC1c2ccc(OC)cc2CCC1N(C)CC(C)(C)C. The van der Waals surface area contributed by atoms with Crippen LogP contribution >= 0.6 is 0 Å². The molecule has 1 aromatic rings. The molecule has 21 heavy (non-hydrogen) atoms. The first-order chi connectivity index (χ1) is 9.85. The van der Waals surface area contributed by atoms with E-state index in [9.17, 15) is 0 Å². The molecule has 0 spiro atoms. The van der Waals surface area contributed by atoms with Crippen molar-refractivity contribution in [3.63, 3.8) is 0 Å². The Bertz CT molecular complexity index is 479. The van der Waals surface area contributed by atoms with E-state index in [1.807, 2.05) is 0 Å². The van der Waals surface area contributed by atoms with Crippen molar-refractivity contribution in [2.45, 2.75) is 45.7 Å². The van der Waals surface area contributed by atoms with Crippen molar-refractivity contribution in [1.29, 1.82) is 0 Å². The Balaban J connectivity index is 2.23. The van der Waals surface area contributed by atoms with Gasteiger partial charge in [0, 0.05) is 18.6 Å². The van der Waals surface area contributed by atoms with Gasteiger partial charge in [-0.15, -0.1) is 0 Å². The standard InChI is InChI=1S/C18H30N2O/c1-18(2,3)12-20(5)16-10-7-13-11-14(21-6)8-9-15(13)17(16)19-4/h8-9,11,16-17,19H,7,10,12H2,1-6H3. The maximum absolute atomic E-state index is 5.36. The van der Waals surface area contributed by atoms with E-state index in [0.717, 1.165) is 18.7 Å². The van der Waals surface area contributed by atoms with Crippen molar-refractivity contribution in [2.75, 3.05) is 27.7 Å². The van der Waals surface area contributed by atoms with Gasteiger partial charge in [0.15, 0.2) is 0 Å². The summed E-state index contributed by atoms with van der Waals surface area (Å²) in [6.45, 7) is 8.03. The minimum atomic E-state index is 0.327. The van der Waals surface area contributed by atoms with Crippen LogP contribution in [-0.4, -0.2) is 38.7 Å². The van der Waals surface area contributed by atoms with E-state index < -0.39 is 0 Å². The molecule has 0 bridgehead atoms. The molecule has 2 rings (SSSR count). The molecule has 1 aliphatic rings. The van der Waals surface area contributed by atoms with Crippen LogP contribution < -0.4 is 10.1 Å². The molecular formula is C18H30N2O. The lowest BCUT2D eigenvalue weighted by atomic mass is 9.82. The summed E-state index contributed by atoms with van der Waals surface area (Å²) in [5, 5.41) is 3.53. The Labute approximate surface area is 129 Å². The number of nitrogens with zero attached hydrogens (tertiary/aromatic N) is 1. The third-order valence-electron chi connectivity index (χ3n) is 4.38. The van der Waals surface area contributed by atoms with Gasteiger partial charge >= 0.3 is 0 Å². The van der Waals surface area contributed by atoms with Crippen LogP contribution in [0.2, 0.25) is 0 Å². The third-order valence-corrected chi connectivity index (χ3v) is 4.38.